The van der Waals surface area contributed by atoms with Crippen LogP contribution < -0.4 is 9.60 Å². The number of fused-ring (bicyclic) bond motifs is 1. The van der Waals surface area contributed by atoms with Gasteiger partial charge in [0.1, 0.15) is 0 Å². The maximum Gasteiger partial charge on any atom is 0.308 e. The highest BCUT2D eigenvalue weighted by Gasteiger charge is 2.18. The third-order valence-corrected chi connectivity index (χ3v) is 6.15. The van der Waals surface area contributed by atoms with Gasteiger partial charge in [-0.1, -0.05) is 42.0 Å². The van der Waals surface area contributed by atoms with Crippen LogP contribution in [0.15, 0.2) is 52.2 Å². The molecule has 0 saturated carbocycles. The molecular formula is C16H15ClN2O3S2. The molecule has 0 aliphatic heterocycles. The molecule has 0 bridgehead atoms. The molecule has 5 nitrogen and oxygen atoms in total. The summed E-state index contributed by atoms with van der Waals surface area (Å²) in [5.74, 6) is 0. The molecule has 2 aromatic carbocycles. The Hall–Kier alpha value is -1.83. The van der Waals surface area contributed by atoms with E-state index in [1.807, 2.05) is 6.92 Å². The molecule has 0 aliphatic carbocycles. The number of hydrogen-bond acceptors (Lipinski definition) is 4. The number of halogens is 1. The van der Waals surface area contributed by atoms with Crippen LogP contribution in [0.2, 0.25) is 5.02 Å². The zero-order chi connectivity index (χ0) is 17.3. The fraction of sp³-hybridized carbons (Fsp3) is 0.188. The second kappa shape index (κ2) is 6.58. The van der Waals surface area contributed by atoms with E-state index in [1.54, 1.807) is 34.9 Å². The van der Waals surface area contributed by atoms with Crippen molar-refractivity contribution in [1.29, 1.82) is 0 Å². The number of rotatable bonds is 5. The molecule has 3 aromatic rings. The Labute approximate surface area is 148 Å². The van der Waals surface area contributed by atoms with Gasteiger partial charge in [0.25, 0.3) is 10.0 Å². The standard InChI is InChI=1S/C16H15ClN2O3S2/c1-2-9-19-14-8-7-11(10-15(14)23-16(19)20)24(21,22)18-13-6-4-3-5-12(13)17/h3-8,10,18H,2,9H2,1H3. The van der Waals surface area contributed by atoms with E-state index in [0.29, 0.717) is 22.0 Å². The average molecular weight is 383 g/mol. The molecule has 1 N–H and O–H groups in total. The van der Waals surface area contributed by atoms with Crippen LogP contribution in [0.25, 0.3) is 10.2 Å². The first-order valence-corrected chi connectivity index (χ1v) is 10.0. The minimum Gasteiger partial charge on any atom is -0.299 e. The van der Waals surface area contributed by atoms with Gasteiger partial charge in [-0.2, -0.15) is 0 Å². The Morgan fingerprint density at radius 3 is 2.67 bits per heavy atom. The summed E-state index contributed by atoms with van der Waals surface area (Å²) < 4.78 is 29.9. The number of nitrogens with one attached hydrogen (secondary N) is 1. The lowest BCUT2D eigenvalue weighted by Gasteiger charge is -2.09. The molecule has 0 atom stereocenters. The fourth-order valence-electron chi connectivity index (χ4n) is 2.40. The first-order chi connectivity index (χ1) is 11.4. The Morgan fingerprint density at radius 2 is 1.96 bits per heavy atom. The molecule has 1 aromatic heterocycles. The summed E-state index contributed by atoms with van der Waals surface area (Å²) in [5, 5.41) is 0.320. The van der Waals surface area contributed by atoms with Crippen molar-refractivity contribution in [3.8, 4) is 0 Å². The normalized spacial score (nSPS) is 11.8. The van der Waals surface area contributed by atoms with Crippen LogP contribution in [0.3, 0.4) is 0 Å². The highest BCUT2D eigenvalue weighted by Crippen LogP contribution is 2.26. The Balaban J connectivity index is 2.02. The number of hydrogen-bond donors (Lipinski definition) is 1. The van der Waals surface area contributed by atoms with Gasteiger partial charge in [0.05, 0.1) is 25.8 Å². The molecule has 0 aliphatic rings. The van der Waals surface area contributed by atoms with E-state index >= 15 is 0 Å². The predicted molar refractivity (Wildman–Crippen MR) is 98.6 cm³/mol. The molecule has 0 radical (unpaired) electrons. The SMILES string of the molecule is CCCn1c(=O)sc2cc(S(=O)(=O)Nc3ccccc3Cl)ccc21. The van der Waals surface area contributed by atoms with Gasteiger partial charge >= 0.3 is 4.87 Å². The summed E-state index contributed by atoms with van der Waals surface area (Å²) in [5.41, 5.74) is 1.07. The summed E-state index contributed by atoms with van der Waals surface area (Å²) in [6.45, 7) is 2.60. The number of anilines is 1. The third-order valence-electron chi connectivity index (χ3n) is 3.52. The molecule has 0 unspecified atom stereocenters. The van der Waals surface area contributed by atoms with Gasteiger partial charge in [0.15, 0.2) is 0 Å². The lowest BCUT2D eigenvalue weighted by atomic mass is 10.3. The van der Waals surface area contributed by atoms with Gasteiger partial charge < -0.3 is 0 Å². The second-order valence-electron chi connectivity index (χ2n) is 5.23. The van der Waals surface area contributed by atoms with Gasteiger partial charge in [0, 0.05) is 6.54 Å². The quantitative estimate of drug-likeness (QED) is 0.727. The summed E-state index contributed by atoms with van der Waals surface area (Å²) >= 11 is 7.05. The smallest absolute Gasteiger partial charge is 0.299 e. The van der Waals surface area contributed by atoms with E-state index in [-0.39, 0.29) is 9.77 Å². The maximum atomic E-state index is 12.6. The minimum absolute atomic E-state index is 0.0829. The molecule has 3 rings (SSSR count). The second-order valence-corrected chi connectivity index (χ2v) is 8.32. The van der Waals surface area contributed by atoms with Crippen molar-refractivity contribution in [3.63, 3.8) is 0 Å². The molecule has 0 amide bonds. The van der Waals surface area contributed by atoms with E-state index < -0.39 is 10.0 Å². The number of thiazole rings is 1. The van der Waals surface area contributed by atoms with Crippen LogP contribution >= 0.6 is 22.9 Å². The number of aromatic nitrogens is 1. The van der Waals surface area contributed by atoms with E-state index in [9.17, 15) is 13.2 Å². The maximum absolute atomic E-state index is 12.6. The molecule has 126 valence electrons. The van der Waals surface area contributed by atoms with Crippen molar-refractivity contribution >= 4 is 48.9 Å². The van der Waals surface area contributed by atoms with Gasteiger partial charge in [-0.25, -0.2) is 8.42 Å². The van der Waals surface area contributed by atoms with Crippen LogP contribution in [-0.4, -0.2) is 13.0 Å². The van der Waals surface area contributed by atoms with Crippen molar-refractivity contribution in [3.05, 3.63) is 57.2 Å². The zero-order valence-electron chi connectivity index (χ0n) is 12.8. The minimum atomic E-state index is -3.78. The first-order valence-electron chi connectivity index (χ1n) is 7.33. The van der Waals surface area contributed by atoms with Crippen molar-refractivity contribution in [1.82, 2.24) is 4.57 Å². The Bertz CT molecular complexity index is 1050. The van der Waals surface area contributed by atoms with Crippen LogP contribution in [0, 0.1) is 0 Å². The van der Waals surface area contributed by atoms with Crippen LogP contribution in [0.1, 0.15) is 13.3 Å². The summed E-state index contributed by atoms with van der Waals surface area (Å²) in [4.78, 5) is 12.0. The number of benzene rings is 2. The largest absolute Gasteiger partial charge is 0.308 e. The summed E-state index contributed by atoms with van der Waals surface area (Å²) in [6, 6.07) is 11.3. The van der Waals surface area contributed by atoms with E-state index in [0.717, 1.165) is 23.3 Å². The van der Waals surface area contributed by atoms with Crippen molar-refractivity contribution in [2.75, 3.05) is 4.72 Å². The number of para-hydroxylation sites is 1. The molecule has 0 spiro atoms. The van der Waals surface area contributed by atoms with Crippen molar-refractivity contribution in [2.24, 2.45) is 0 Å². The third kappa shape index (κ3) is 3.19. The number of aryl methyl sites for hydroxylation is 1. The van der Waals surface area contributed by atoms with Crippen LogP contribution in [-0.2, 0) is 16.6 Å². The van der Waals surface area contributed by atoms with Crippen molar-refractivity contribution in [2.45, 2.75) is 24.8 Å². The molecule has 1 heterocycles. The monoisotopic (exact) mass is 382 g/mol. The highest BCUT2D eigenvalue weighted by molar-refractivity contribution is 7.92. The van der Waals surface area contributed by atoms with Gasteiger partial charge in [-0.3, -0.25) is 14.1 Å². The lowest BCUT2D eigenvalue weighted by molar-refractivity contribution is 0.601. The zero-order valence-corrected chi connectivity index (χ0v) is 15.2. The van der Waals surface area contributed by atoms with Gasteiger partial charge in [0.2, 0.25) is 0 Å². The molecule has 0 saturated heterocycles. The first kappa shape index (κ1) is 17.0. The summed E-state index contributed by atoms with van der Waals surface area (Å²) in [7, 11) is -3.78. The fourth-order valence-corrected chi connectivity index (χ4v) is 4.77. The topological polar surface area (TPSA) is 68.2 Å². The number of nitrogens with zero attached hydrogens (tertiary/aromatic N) is 1. The molecule has 0 fully saturated rings. The van der Waals surface area contributed by atoms with Crippen LogP contribution in [0.5, 0.6) is 0 Å². The molecule has 24 heavy (non-hydrogen) atoms. The molecular weight excluding hydrogens is 368 g/mol. The predicted octanol–water partition coefficient (Wildman–Crippen LogP) is 3.93. The van der Waals surface area contributed by atoms with Crippen molar-refractivity contribution < 1.29 is 8.42 Å². The average Bonchev–Trinajstić information content (AvgIpc) is 2.85. The van der Waals surface area contributed by atoms with Gasteiger partial charge in [-0.05, 0) is 36.8 Å². The highest BCUT2D eigenvalue weighted by atomic mass is 35.5. The van der Waals surface area contributed by atoms with Gasteiger partial charge in [-0.15, -0.1) is 0 Å². The van der Waals surface area contributed by atoms with E-state index in [1.165, 1.54) is 12.1 Å². The van der Waals surface area contributed by atoms with E-state index in [4.69, 9.17) is 11.6 Å². The Morgan fingerprint density at radius 1 is 1.21 bits per heavy atom. The van der Waals surface area contributed by atoms with E-state index in [2.05, 4.69) is 4.72 Å². The summed E-state index contributed by atoms with van der Waals surface area (Å²) in [6.07, 6.45) is 0.833. The van der Waals surface area contributed by atoms with Crippen LogP contribution in [0.4, 0.5) is 5.69 Å². The number of sulfonamides is 1. The Kier molecular flexibility index (Phi) is 4.67. The lowest BCUT2D eigenvalue weighted by Crippen LogP contribution is -2.13. The molecule has 8 heteroatoms.